The second-order valence-corrected chi connectivity index (χ2v) is 6.35. The van der Waals surface area contributed by atoms with Crippen LogP contribution in [0.15, 0.2) is 0 Å². The number of rotatable bonds is 12. The van der Waals surface area contributed by atoms with Crippen molar-refractivity contribution in [1.82, 2.24) is 25.8 Å². The summed E-state index contributed by atoms with van der Waals surface area (Å²) in [6.45, 7) is 14.3. The standard InChI is InChI=1S/C16H35N5/c1-2-12-20(11-1)15-9-18-7-5-17-6-8-19-10-16-21-13-3-4-14-21/h17-19H,1-16H2. The molecule has 5 heteroatoms. The molecule has 2 fully saturated rings. The average Bonchev–Trinajstić information content (AvgIpc) is 3.18. The molecule has 21 heavy (non-hydrogen) atoms. The van der Waals surface area contributed by atoms with Crippen molar-refractivity contribution in [2.75, 3.05) is 78.5 Å². The first-order valence-electron chi connectivity index (χ1n) is 9.02. The molecule has 0 unspecified atom stereocenters. The van der Waals surface area contributed by atoms with E-state index in [1.807, 2.05) is 0 Å². The van der Waals surface area contributed by atoms with Gasteiger partial charge in [-0.1, -0.05) is 0 Å². The van der Waals surface area contributed by atoms with E-state index in [1.165, 1.54) is 65.0 Å². The third kappa shape index (κ3) is 8.12. The second kappa shape index (κ2) is 11.4. The summed E-state index contributed by atoms with van der Waals surface area (Å²) < 4.78 is 0. The minimum absolute atomic E-state index is 1.08. The minimum Gasteiger partial charge on any atom is -0.314 e. The Labute approximate surface area is 130 Å². The van der Waals surface area contributed by atoms with E-state index in [9.17, 15) is 0 Å². The monoisotopic (exact) mass is 297 g/mol. The molecule has 2 aliphatic rings. The highest BCUT2D eigenvalue weighted by Crippen LogP contribution is 2.05. The van der Waals surface area contributed by atoms with Crippen LogP contribution in [0, 0.1) is 0 Å². The molecule has 2 saturated heterocycles. The van der Waals surface area contributed by atoms with Crippen LogP contribution in [0.2, 0.25) is 0 Å². The number of nitrogens with one attached hydrogen (secondary N) is 3. The highest BCUT2D eigenvalue weighted by Gasteiger charge is 2.10. The first-order valence-corrected chi connectivity index (χ1v) is 9.02. The predicted molar refractivity (Wildman–Crippen MR) is 90.0 cm³/mol. The smallest absolute Gasteiger partial charge is 0.0107 e. The Bertz CT molecular complexity index is 213. The van der Waals surface area contributed by atoms with Gasteiger partial charge in [-0.05, 0) is 51.9 Å². The van der Waals surface area contributed by atoms with Crippen LogP contribution in [-0.2, 0) is 0 Å². The van der Waals surface area contributed by atoms with Gasteiger partial charge in [-0.3, -0.25) is 0 Å². The van der Waals surface area contributed by atoms with Gasteiger partial charge >= 0.3 is 0 Å². The van der Waals surface area contributed by atoms with Gasteiger partial charge in [0.15, 0.2) is 0 Å². The van der Waals surface area contributed by atoms with Crippen LogP contribution in [0.3, 0.4) is 0 Å². The molecule has 0 radical (unpaired) electrons. The van der Waals surface area contributed by atoms with Crippen molar-refractivity contribution in [3.63, 3.8) is 0 Å². The maximum absolute atomic E-state index is 3.52. The van der Waals surface area contributed by atoms with Crippen molar-refractivity contribution in [3.05, 3.63) is 0 Å². The van der Waals surface area contributed by atoms with Crippen molar-refractivity contribution in [2.24, 2.45) is 0 Å². The SMILES string of the molecule is C1CCN(CCNCCNCCNCCN2CCCC2)C1. The third-order valence-electron chi connectivity index (χ3n) is 4.56. The summed E-state index contributed by atoms with van der Waals surface area (Å²) in [7, 11) is 0. The maximum Gasteiger partial charge on any atom is 0.0107 e. The first-order chi connectivity index (χ1) is 10.4. The normalized spacial score (nSPS) is 20.6. The van der Waals surface area contributed by atoms with Gasteiger partial charge < -0.3 is 25.8 Å². The van der Waals surface area contributed by atoms with E-state index in [4.69, 9.17) is 0 Å². The van der Waals surface area contributed by atoms with Crippen LogP contribution < -0.4 is 16.0 Å². The number of hydrogen-bond donors (Lipinski definition) is 3. The van der Waals surface area contributed by atoms with Gasteiger partial charge in [-0.15, -0.1) is 0 Å². The Balaban J connectivity index is 1.25. The number of nitrogens with zero attached hydrogens (tertiary/aromatic N) is 2. The van der Waals surface area contributed by atoms with Crippen molar-refractivity contribution in [1.29, 1.82) is 0 Å². The van der Waals surface area contributed by atoms with Crippen molar-refractivity contribution >= 4 is 0 Å². The van der Waals surface area contributed by atoms with Gasteiger partial charge in [-0.25, -0.2) is 0 Å². The molecule has 124 valence electrons. The molecule has 0 aliphatic carbocycles. The van der Waals surface area contributed by atoms with Crippen LogP contribution in [0.5, 0.6) is 0 Å². The molecule has 5 nitrogen and oxygen atoms in total. The highest BCUT2D eigenvalue weighted by atomic mass is 15.2. The molecule has 2 rings (SSSR count). The van der Waals surface area contributed by atoms with Crippen LogP contribution in [0.25, 0.3) is 0 Å². The van der Waals surface area contributed by atoms with Gasteiger partial charge in [-0.2, -0.15) is 0 Å². The van der Waals surface area contributed by atoms with Crippen LogP contribution in [0.1, 0.15) is 25.7 Å². The Morgan fingerprint density at radius 3 is 1.19 bits per heavy atom. The van der Waals surface area contributed by atoms with Crippen molar-refractivity contribution in [2.45, 2.75) is 25.7 Å². The molecule has 0 amide bonds. The Morgan fingerprint density at radius 2 is 0.810 bits per heavy atom. The molecule has 0 atom stereocenters. The van der Waals surface area contributed by atoms with Gasteiger partial charge in [0.05, 0.1) is 0 Å². The molecular weight excluding hydrogens is 262 g/mol. The summed E-state index contributed by atoms with van der Waals surface area (Å²) in [5, 5.41) is 10.5. The third-order valence-corrected chi connectivity index (χ3v) is 4.56. The zero-order valence-corrected chi connectivity index (χ0v) is 13.7. The van der Waals surface area contributed by atoms with Crippen LogP contribution in [0.4, 0.5) is 0 Å². The summed E-state index contributed by atoms with van der Waals surface area (Å²) in [6, 6.07) is 0. The molecule has 0 spiro atoms. The molecule has 3 N–H and O–H groups in total. The lowest BCUT2D eigenvalue weighted by molar-refractivity contribution is 0.334. The summed E-state index contributed by atoms with van der Waals surface area (Å²) in [6.07, 6.45) is 5.58. The van der Waals surface area contributed by atoms with Crippen LogP contribution >= 0.6 is 0 Å². The van der Waals surface area contributed by atoms with Crippen molar-refractivity contribution in [3.8, 4) is 0 Å². The van der Waals surface area contributed by atoms with E-state index < -0.39 is 0 Å². The molecular formula is C16H35N5. The lowest BCUT2D eigenvalue weighted by Crippen LogP contribution is -2.37. The second-order valence-electron chi connectivity index (χ2n) is 6.35. The maximum atomic E-state index is 3.52. The summed E-state index contributed by atoms with van der Waals surface area (Å²) in [5.74, 6) is 0. The van der Waals surface area contributed by atoms with Gasteiger partial charge in [0.25, 0.3) is 0 Å². The van der Waals surface area contributed by atoms with Gasteiger partial charge in [0, 0.05) is 52.4 Å². The van der Waals surface area contributed by atoms with Crippen LogP contribution in [-0.4, -0.2) is 88.3 Å². The molecule has 2 heterocycles. The first kappa shape index (κ1) is 17.2. The molecule has 0 saturated carbocycles. The predicted octanol–water partition coefficient (Wildman–Crippen LogP) is -0.0532. The van der Waals surface area contributed by atoms with Gasteiger partial charge in [0.1, 0.15) is 0 Å². The van der Waals surface area contributed by atoms with E-state index in [-0.39, 0.29) is 0 Å². The van der Waals surface area contributed by atoms with E-state index in [1.54, 1.807) is 0 Å². The lowest BCUT2D eigenvalue weighted by atomic mass is 10.4. The molecule has 0 bridgehead atoms. The van der Waals surface area contributed by atoms with E-state index in [0.717, 1.165) is 39.3 Å². The van der Waals surface area contributed by atoms with Gasteiger partial charge in [0.2, 0.25) is 0 Å². The van der Waals surface area contributed by atoms with E-state index in [0.29, 0.717) is 0 Å². The van der Waals surface area contributed by atoms with E-state index in [2.05, 4.69) is 25.8 Å². The zero-order valence-electron chi connectivity index (χ0n) is 13.7. The number of hydrogen-bond acceptors (Lipinski definition) is 5. The Hall–Kier alpha value is -0.200. The highest BCUT2D eigenvalue weighted by molar-refractivity contribution is 4.68. The Kier molecular flexibility index (Phi) is 9.30. The summed E-state index contributed by atoms with van der Waals surface area (Å²) in [5.41, 5.74) is 0. The van der Waals surface area contributed by atoms with E-state index >= 15 is 0 Å². The summed E-state index contributed by atoms with van der Waals surface area (Å²) in [4.78, 5) is 5.12. The number of likely N-dealkylation sites (tertiary alicyclic amines) is 2. The fourth-order valence-corrected chi connectivity index (χ4v) is 3.22. The molecule has 2 aliphatic heterocycles. The van der Waals surface area contributed by atoms with Crippen molar-refractivity contribution < 1.29 is 0 Å². The average molecular weight is 297 g/mol. The Morgan fingerprint density at radius 1 is 0.476 bits per heavy atom. The topological polar surface area (TPSA) is 42.6 Å². The quantitative estimate of drug-likeness (QED) is 0.441. The molecule has 0 aromatic carbocycles. The molecule has 0 aromatic rings. The molecule has 0 aromatic heterocycles. The summed E-state index contributed by atoms with van der Waals surface area (Å²) >= 11 is 0. The minimum atomic E-state index is 1.08. The zero-order chi connectivity index (χ0) is 14.6. The fraction of sp³-hybridized carbons (Fsp3) is 1.00. The fourth-order valence-electron chi connectivity index (χ4n) is 3.22. The lowest BCUT2D eigenvalue weighted by Gasteiger charge is -2.15. The largest absolute Gasteiger partial charge is 0.314 e.